The van der Waals surface area contributed by atoms with Crippen LogP contribution in [0.15, 0.2) is 12.1 Å². The third kappa shape index (κ3) is 3.82. The summed E-state index contributed by atoms with van der Waals surface area (Å²) in [5, 5.41) is 2.89. The van der Waals surface area contributed by atoms with Crippen LogP contribution in [0.4, 0.5) is 0 Å². The SMILES string of the molecule is C#CCC(CC)NC(=O)c1ccc(OC)c(OC)c1OC. The average molecular weight is 291 g/mol. The highest BCUT2D eigenvalue weighted by molar-refractivity contribution is 5.98. The molecule has 1 amide bonds. The van der Waals surface area contributed by atoms with Gasteiger partial charge >= 0.3 is 0 Å². The highest BCUT2D eigenvalue weighted by Gasteiger charge is 2.21. The third-order valence-corrected chi connectivity index (χ3v) is 3.14. The number of methoxy groups -OCH3 is 3. The van der Waals surface area contributed by atoms with Crippen LogP contribution in [0.1, 0.15) is 30.1 Å². The van der Waals surface area contributed by atoms with Gasteiger partial charge in [-0.25, -0.2) is 0 Å². The summed E-state index contributed by atoms with van der Waals surface area (Å²) in [5.74, 6) is 3.53. The van der Waals surface area contributed by atoms with Gasteiger partial charge in [0.2, 0.25) is 5.75 Å². The molecular formula is C16H21NO4. The summed E-state index contributed by atoms with van der Waals surface area (Å²) in [6.45, 7) is 1.97. The molecule has 1 unspecified atom stereocenters. The molecule has 5 heteroatoms. The molecule has 0 aromatic heterocycles. The van der Waals surface area contributed by atoms with Crippen LogP contribution in [0.2, 0.25) is 0 Å². The number of nitrogens with one attached hydrogen (secondary N) is 1. The molecule has 0 radical (unpaired) electrons. The Hall–Kier alpha value is -2.35. The molecule has 5 nitrogen and oxygen atoms in total. The first kappa shape index (κ1) is 16.7. The Bertz CT molecular complexity index is 534. The van der Waals surface area contributed by atoms with E-state index in [9.17, 15) is 4.79 Å². The molecule has 1 aromatic carbocycles. The third-order valence-electron chi connectivity index (χ3n) is 3.14. The smallest absolute Gasteiger partial charge is 0.255 e. The molecule has 0 fully saturated rings. The Kier molecular flexibility index (Phi) is 6.41. The van der Waals surface area contributed by atoms with Gasteiger partial charge in [-0.2, -0.15) is 0 Å². The number of carbonyl (C=O) groups excluding carboxylic acids is 1. The second-order valence-electron chi connectivity index (χ2n) is 4.37. The lowest BCUT2D eigenvalue weighted by atomic mass is 10.1. The van der Waals surface area contributed by atoms with E-state index >= 15 is 0 Å². The molecule has 0 saturated carbocycles. The fraction of sp³-hybridized carbons (Fsp3) is 0.438. The summed E-state index contributed by atoms with van der Waals surface area (Å²) in [5.41, 5.74) is 0.380. The first-order chi connectivity index (χ1) is 10.1. The minimum Gasteiger partial charge on any atom is -0.493 e. The predicted molar refractivity (Wildman–Crippen MR) is 81.1 cm³/mol. The van der Waals surface area contributed by atoms with Gasteiger partial charge in [0.1, 0.15) is 0 Å². The van der Waals surface area contributed by atoms with E-state index in [0.717, 1.165) is 6.42 Å². The zero-order valence-corrected chi connectivity index (χ0v) is 12.9. The van der Waals surface area contributed by atoms with Gasteiger partial charge in [-0.1, -0.05) is 6.92 Å². The number of ether oxygens (including phenoxy) is 3. The first-order valence-electron chi connectivity index (χ1n) is 6.66. The van der Waals surface area contributed by atoms with E-state index in [1.165, 1.54) is 21.3 Å². The molecule has 0 spiro atoms. The van der Waals surface area contributed by atoms with Gasteiger partial charge in [0, 0.05) is 12.5 Å². The Morgan fingerprint density at radius 3 is 2.38 bits per heavy atom. The van der Waals surface area contributed by atoms with Gasteiger partial charge in [0.15, 0.2) is 11.5 Å². The van der Waals surface area contributed by atoms with Crippen LogP contribution < -0.4 is 19.5 Å². The molecule has 21 heavy (non-hydrogen) atoms. The molecule has 1 N–H and O–H groups in total. The van der Waals surface area contributed by atoms with Crippen LogP contribution in [-0.2, 0) is 0 Å². The lowest BCUT2D eigenvalue weighted by Gasteiger charge is -2.18. The van der Waals surface area contributed by atoms with E-state index in [4.69, 9.17) is 20.6 Å². The van der Waals surface area contributed by atoms with Crippen LogP contribution >= 0.6 is 0 Å². The lowest BCUT2D eigenvalue weighted by molar-refractivity contribution is 0.0933. The Morgan fingerprint density at radius 1 is 1.24 bits per heavy atom. The molecule has 0 heterocycles. The van der Waals surface area contributed by atoms with Crippen molar-refractivity contribution in [3.05, 3.63) is 17.7 Å². The molecule has 0 aliphatic carbocycles. The number of terminal acetylenes is 1. The van der Waals surface area contributed by atoms with Crippen molar-refractivity contribution in [3.8, 4) is 29.6 Å². The minimum absolute atomic E-state index is 0.0692. The molecule has 0 bridgehead atoms. The monoisotopic (exact) mass is 291 g/mol. The maximum atomic E-state index is 12.4. The van der Waals surface area contributed by atoms with Crippen LogP contribution in [0.3, 0.4) is 0 Å². The van der Waals surface area contributed by atoms with Crippen LogP contribution in [0.5, 0.6) is 17.2 Å². The normalized spacial score (nSPS) is 11.2. The maximum absolute atomic E-state index is 12.4. The molecule has 0 aliphatic heterocycles. The molecule has 0 saturated heterocycles. The molecular weight excluding hydrogens is 270 g/mol. The topological polar surface area (TPSA) is 56.8 Å². The van der Waals surface area contributed by atoms with Crippen LogP contribution in [0, 0.1) is 12.3 Å². The Labute approximate surface area is 125 Å². The lowest BCUT2D eigenvalue weighted by Crippen LogP contribution is -2.34. The van der Waals surface area contributed by atoms with Crippen molar-refractivity contribution in [2.24, 2.45) is 0 Å². The summed E-state index contributed by atoms with van der Waals surface area (Å²) in [6.07, 6.45) is 6.54. The quantitative estimate of drug-likeness (QED) is 0.783. The number of benzene rings is 1. The minimum atomic E-state index is -0.255. The summed E-state index contributed by atoms with van der Waals surface area (Å²) in [7, 11) is 4.50. The summed E-state index contributed by atoms with van der Waals surface area (Å²) in [6, 6.07) is 3.23. The van der Waals surface area contributed by atoms with E-state index < -0.39 is 0 Å². The number of hydrogen-bond donors (Lipinski definition) is 1. The van der Waals surface area contributed by atoms with Crippen molar-refractivity contribution in [1.82, 2.24) is 5.32 Å². The van der Waals surface area contributed by atoms with E-state index in [1.54, 1.807) is 12.1 Å². The van der Waals surface area contributed by atoms with E-state index in [-0.39, 0.29) is 11.9 Å². The van der Waals surface area contributed by atoms with E-state index in [0.29, 0.717) is 29.2 Å². The van der Waals surface area contributed by atoms with Gasteiger partial charge in [0.25, 0.3) is 5.91 Å². The second kappa shape index (κ2) is 8.05. The van der Waals surface area contributed by atoms with Crippen LogP contribution in [-0.4, -0.2) is 33.3 Å². The van der Waals surface area contributed by atoms with Gasteiger partial charge in [-0.05, 0) is 18.6 Å². The van der Waals surface area contributed by atoms with Crippen molar-refractivity contribution in [2.75, 3.05) is 21.3 Å². The van der Waals surface area contributed by atoms with Crippen molar-refractivity contribution in [3.63, 3.8) is 0 Å². The summed E-state index contributed by atoms with van der Waals surface area (Å²) >= 11 is 0. The van der Waals surface area contributed by atoms with Gasteiger partial charge in [-0.3, -0.25) is 4.79 Å². The highest BCUT2D eigenvalue weighted by atomic mass is 16.5. The van der Waals surface area contributed by atoms with Crippen molar-refractivity contribution in [2.45, 2.75) is 25.8 Å². The van der Waals surface area contributed by atoms with Gasteiger partial charge < -0.3 is 19.5 Å². The molecule has 1 atom stereocenters. The second-order valence-corrected chi connectivity index (χ2v) is 4.37. The average Bonchev–Trinajstić information content (AvgIpc) is 2.52. The molecule has 1 aromatic rings. The Morgan fingerprint density at radius 2 is 1.90 bits per heavy atom. The standard InChI is InChI=1S/C16H21NO4/c1-6-8-11(7-2)17-16(18)12-9-10-13(19-3)15(21-5)14(12)20-4/h1,9-11H,7-8H2,2-5H3,(H,17,18). The largest absolute Gasteiger partial charge is 0.493 e. The van der Waals surface area contributed by atoms with Crippen molar-refractivity contribution < 1.29 is 19.0 Å². The predicted octanol–water partition coefficient (Wildman–Crippen LogP) is 2.24. The molecule has 0 aliphatic rings. The zero-order chi connectivity index (χ0) is 15.8. The van der Waals surface area contributed by atoms with E-state index in [1.807, 2.05) is 6.92 Å². The highest BCUT2D eigenvalue weighted by Crippen LogP contribution is 2.39. The van der Waals surface area contributed by atoms with Gasteiger partial charge in [-0.15, -0.1) is 12.3 Å². The van der Waals surface area contributed by atoms with Crippen LogP contribution in [0.25, 0.3) is 0 Å². The van der Waals surface area contributed by atoms with Gasteiger partial charge in [0.05, 0.1) is 26.9 Å². The maximum Gasteiger partial charge on any atom is 0.255 e. The number of carbonyl (C=O) groups is 1. The fourth-order valence-electron chi connectivity index (χ4n) is 1.98. The Balaban J connectivity index is 3.12. The van der Waals surface area contributed by atoms with E-state index in [2.05, 4.69) is 11.2 Å². The van der Waals surface area contributed by atoms with Crippen molar-refractivity contribution >= 4 is 5.91 Å². The number of amides is 1. The molecule has 114 valence electrons. The number of rotatable bonds is 7. The number of hydrogen-bond acceptors (Lipinski definition) is 4. The van der Waals surface area contributed by atoms with Crippen molar-refractivity contribution in [1.29, 1.82) is 0 Å². The summed E-state index contributed by atoms with van der Waals surface area (Å²) in [4.78, 5) is 12.4. The first-order valence-corrected chi connectivity index (χ1v) is 6.66. The fourth-order valence-corrected chi connectivity index (χ4v) is 1.98. The summed E-state index contributed by atoms with van der Waals surface area (Å²) < 4.78 is 15.8. The molecule has 1 rings (SSSR count). The zero-order valence-electron chi connectivity index (χ0n) is 12.9.